The van der Waals surface area contributed by atoms with Gasteiger partial charge < -0.3 is 48.9 Å². The van der Waals surface area contributed by atoms with Crippen LogP contribution in [0.15, 0.2) is 35.3 Å². The highest BCUT2D eigenvalue weighted by Crippen LogP contribution is 2.27. The first kappa shape index (κ1) is 52.7. The lowest BCUT2D eigenvalue weighted by Crippen LogP contribution is -2.53. The van der Waals surface area contributed by atoms with Crippen LogP contribution < -0.4 is 43.8 Å². The molecule has 5 amide bonds. The van der Waals surface area contributed by atoms with Crippen LogP contribution in [0.25, 0.3) is 0 Å². The van der Waals surface area contributed by atoms with E-state index < -0.39 is 114 Å². The molecule has 0 unspecified atom stereocenters. The van der Waals surface area contributed by atoms with Crippen molar-refractivity contribution in [3.8, 4) is 0 Å². The smallest absolute Gasteiger partial charge is 0.304 e. The van der Waals surface area contributed by atoms with Gasteiger partial charge in [0.25, 0.3) is 0 Å². The van der Waals surface area contributed by atoms with Crippen molar-refractivity contribution in [2.24, 2.45) is 39.9 Å². The van der Waals surface area contributed by atoms with E-state index in [9.17, 15) is 48.3 Å². The quantitative estimate of drug-likeness (QED) is 0.0569. The Morgan fingerprint density at radius 3 is 2.02 bits per heavy atom. The molecule has 63 heavy (non-hydrogen) atoms. The maximum absolute atomic E-state index is 14.3. The number of nitrogens with one attached hydrogen (secondary N) is 5. The van der Waals surface area contributed by atoms with E-state index in [4.69, 9.17) is 17.2 Å². The lowest BCUT2D eigenvalue weighted by Gasteiger charge is -2.25. The van der Waals surface area contributed by atoms with Gasteiger partial charge in [-0.1, -0.05) is 51.9 Å². The van der Waals surface area contributed by atoms with Gasteiger partial charge in [0.05, 0.1) is 36.7 Å². The standard InChI is InChI=1S/C41H61N9O10S3/c1-24-20-61-23-35(54)48-30(11-5-6-12-42)40(60)50-32-22-63-62-21-31(34(53)17-27(38(58)47-24)14-25-8-3-2-4-9-25)49-39(59)28(18-36(55)56)15-29(51)19-46-37(57)26(16-33(32)52)10-7-13-45-41(43)44/h2-4,8-9,24,26-28,30-32H,5-7,10-23,42H2,1H3,(H,46,57)(H,47,58)(H,48,54)(H,49,59)(H,50,60)(H,55,56)(H4,43,44,45)/t24-,26-,27-,28+,30+,31+,32+/m1/s1. The Kier molecular flexibility index (Phi) is 23.6. The first-order chi connectivity index (χ1) is 30.1. The summed E-state index contributed by atoms with van der Waals surface area (Å²) in [5.41, 5.74) is 17.4. The lowest BCUT2D eigenvalue weighted by atomic mass is 9.91. The summed E-state index contributed by atoms with van der Waals surface area (Å²) in [6, 6.07) is 5.12. The molecule has 1 aromatic rings. The molecule has 0 radical (unpaired) electrons. The number of fused-ring (bicyclic) bond motifs is 5. The highest BCUT2D eigenvalue weighted by Gasteiger charge is 2.34. The number of guanidine groups is 1. The molecular formula is C41H61N9O10S3. The van der Waals surface area contributed by atoms with Gasteiger partial charge in [-0.2, -0.15) is 0 Å². The number of carbonyl (C=O) groups is 9. The second kappa shape index (κ2) is 28.2. The largest absolute Gasteiger partial charge is 0.481 e. The number of carbonyl (C=O) groups excluding carboxylic acids is 8. The number of aliphatic carboxylic acids is 1. The topological polar surface area (TPSA) is 324 Å². The second-order valence-electron chi connectivity index (χ2n) is 15.6. The van der Waals surface area contributed by atoms with E-state index in [1.165, 1.54) is 11.8 Å². The van der Waals surface area contributed by atoms with E-state index >= 15 is 0 Å². The molecule has 3 rings (SSSR count). The molecule has 0 spiro atoms. The van der Waals surface area contributed by atoms with E-state index in [1.807, 2.05) is 18.2 Å². The number of aliphatic imine (C=N–C) groups is 1. The van der Waals surface area contributed by atoms with E-state index in [0.29, 0.717) is 25.1 Å². The van der Waals surface area contributed by atoms with Gasteiger partial charge in [0.1, 0.15) is 6.04 Å². The first-order valence-electron chi connectivity index (χ1n) is 20.9. The van der Waals surface area contributed by atoms with E-state index in [2.05, 4.69) is 31.6 Å². The van der Waals surface area contributed by atoms with Crippen LogP contribution in [0.5, 0.6) is 0 Å². The zero-order chi connectivity index (χ0) is 46.3. The molecule has 0 saturated carbocycles. The lowest BCUT2D eigenvalue weighted by molar-refractivity contribution is -0.142. The van der Waals surface area contributed by atoms with Crippen LogP contribution in [0, 0.1) is 17.8 Å². The number of rotatable bonds is 12. The summed E-state index contributed by atoms with van der Waals surface area (Å²) < 4.78 is 0. The number of carboxylic acids is 1. The van der Waals surface area contributed by atoms with Gasteiger partial charge >= 0.3 is 5.97 Å². The number of benzene rings is 1. The van der Waals surface area contributed by atoms with Gasteiger partial charge in [-0.3, -0.25) is 48.1 Å². The number of nitrogens with two attached hydrogens (primary N) is 3. The molecule has 7 atom stereocenters. The summed E-state index contributed by atoms with van der Waals surface area (Å²) in [4.78, 5) is 126. The summed E-state index contributed by atoms with van der Waals surface area (Å²) in [5.74, 6) is -9.55. The van der Waals surface area contributed by atoms with Crippen molar-refractivity contribution in [1.29, 1.82) is 0 Å². The summed E-state index contributed by atoms with van der Waals surface area (Å²) in [5, 5.41) is 23.4. The van der Waals surface area contributed by atoms with Crippen LogP contribution in [0.1, 0.15) is 70.3 Å². The molecule has 12 N–H and O–H groups in total. The first-order valence-corrected chi connectivity index (χ1v) is 24.6. The minimum atomic E-state index is -1.41. The third-order valence-corrected chi connectivity index (χ3v) is 13.9. The second-order valence-corrected chi connectivity index (χ2v) is 19.2. The molecular weight excluding hydrogens is 875 g/mol. The van der Waals surface area contributed by atoms with Crippen molar-refractivity contribution in [3.05, 3.63) is 35.9 Å². The van der Waals surface area contributed by atoms with Crippen LogP contribution in [0.4, 0.5) is 0 Å². The molecule has 2 bridgehead atoms. The Labute approximate surface area is 379 Å². The van der Waals surface area contributed by atoms with E-state index in [0.717, 1.165) is 27.2 Å². The normalized spacial score (nSPS) is 25.8. The molecule has 1 aromatic carbocycles. The number of thioether (sulfide) groups is 1. The molecule has 2 saturated heterocycles. The van der Waals surface area contributed by atoms with Crippen LogP contribution in [-0.4, -0.2) is 131 Å². The van der Waals surface area contributed by atoms with Crippen molar-refractivity contribution >= 4 is 92.2 Å². The molecule has 0 aliphatic carbocycles. The summed E-state index contributed by atoms with van der Waals surface area (Å²) >= 11 is 1.23. The van der Waals surface area contributed by atoms with Gasteiger partial charge in [0, 0.05) is 60.9 Å². The number of amides is 5. The van der Waals surface area contributed by atoms with Crippen molar-refractivity contribution in [1.82, 2.24) is 26.6 Å². The SMILES string of the molecule is C[C@@H]1CSCC(=O)N[C@@H](CCCCN)C(=O)N[C@H]2CSSC[C@H](NC(=O)[C@H](CC(=O)O)CC(=O)CNC(=O)[C@H](CCCN=C(N)N)CC2=O)C(=O)C[C@@H](Cc2ccccc2)C(=O)N1. The number of hydrogen-bond acceptors (Lipinski definition) is 14. The van der Waals surface area contributed by atoms with E-state index in [-0.39, 0.29) is 68.3 Å². The zero-order valence-corrected chi connectivity index (χ0v) is 37.9. The number of ketones is 3. The predicted octanol–water partition coefficient (Wildman–Crippen LogP) is -0.170. The van der Waals surface area contributed by atoms with Crippen LogP contribution >= 0.6 is 33.3 Å². The Bertz CT molecular complexity index is 1790. The Balaban J connectivity index is 2.09. The number of carboxylic acid groups (broad SMARTS) is 1. The van der Waals surface area contributed by atoms with Crippen molar-refractivity contribution in [3.63, 3.8) is 0 Å². The predicted molar refractivity (Wildman–Crippen MR) is 243 cm³/mol. The summed E-state index contributed by atoms with van der Waals surface area (Å²) in [7, 11) is 2.19. The number of nitrogens with zero attached hydrogens (tertiary/aromatic N) is 1. The fraction of sp³-hybridized carbons (Fsp3) is 0.610. The maximum atomic E-state index is 14.3. The number of unbranched alkanes of at least 4 members (excludes halogenated alkanes) is 1. The molecule has 2 aliphatic heterocycles. The fourth-order valence-corrected chi connectivity index (χ4v) is 10.1. The average molecular weight is 936 g/mol. The average Bonchev–Trinajstić information content (AvgIpc) is 3.22. The molecule has 2 heterocycles. The van der Waals surface area contributed by atoms with Gasteiger partial charge in [-0.25, -0.2) is 0 Å². The Hall–Kier alpha value is -4.67. The van der Waals surface area contributed by atoms with Gasteiger partial charge in [0.2, 0.25) is 29.5 Å². The van der Waals surface area contributed by atoms with Crippen LogP contribution in [-0.2, 0) is 49.6 Å². The number of Topliss-reactive ketones (excluding diaryl/α,β-unsaturated/α-hetero) is 3. The van der Waals surface area contributed by atoms with E-state index in [1.54, 1.807) is 19.1 Å². The van der Waals surface area contributed by atoms with Crippen molar-refractivity contribution < 1.29 is 48.3 Å². The molecule has 22 heteroatoms. The molecule has 19 nitrogen and oxygen atoms in total. The fourth-order valence-electron chi connectivity index (χ4n) is 6.90. The Morgan fingerprint density at radius 2 is 1.38 bits per heavy atom. The molecule has 0 aromatic heterocycles. The minimum absolute atomic E-state index is 0.0505. The van der Waals surface area contributed by atoms with Gasteiger partial charge in [0.15, 0.2) is 23.3 Å². The molecule has 348 valence electrons. The van der Waals surface area contributed by atoms with Gasteiger partial charge in [-0.05, 0) is 57.6 Å². The van der Waals surface area contributed by atoms with Gasteiger partial charge in [-0.15, -0.1) is 11.8 Å². The van der Waals surface area contributed by atoms with Crippen molar-refractivity contribution in [2.45, 2.75) is 95.3 Å². The zero-order valence-electron chi connectivity index (χ0n) is 35.5. The Morgan fingerprint density at radius 1 is 0.746 bits per heavy atom. The number of hydrogen-bond donors (Lipinski definition) is 9. The third kappa shape index (κ3) is 20.1. The van der Waals surface area contributed by atoms with Crippen molar-refractivity contribution in [2.75, 3.05) is 42.6 Å². The summed E-state index contributed by atoms with van der Waals surface area (Å²) in [6.07, 6.45) is -0.191. The highest BCUT2D eigenvalue weighted by atomic mass is 33.1. The summed E-state index contributed by atoms with van der Waals surface area (Å²) in [6.45, 7) is 1.65. The van der Waals surface area contributed by atoms with Crippen LogP contribution in [0.3, 0.4) is 0 Å². The van der Waals surface area contributed by atoms with Crippen LogP contribution in [0.2, 0.25) is 0 Å². The molecule has 2 fully saturated rings. The third-order valence-electron chi connectivity index (χ3n) is 10.2. The highest BCUT2D eigenvalue weighted by molar-refractivity contribution is 8.76. The minimum Gasteiger partial charge on any atom is -0.481 e. The molecule has 2 aliphatic rings. The maximum Gasteiger partial charge on any atom is 0.304 e. The monoisotopic (exact) mass is 935 g/mol.